The Bertz CT molecular complexity index is 790. The van der Waals surface area contributed by atoms with Gasteiger partial charge in [0.15, 0.2) is 0 Å². The number of carboxylic acids is 1. The number of hydrogen-bond donors (Lipinski definition) is 2. The molecule has 0 spiro atoms. The molecule has 1 amide bonds. The van der Waals surface area contributed by atoms with Crippen molar-refractivity contribution in [2.75, 3.05) is 6.54 Å². The molecule has 2 aromatic rings. The average Bonchev–Trinajstić information content (AvgIpc) is 2.59. The Balaban J connectivity index is 2.06. The minimum Gasteiger partial charge on any atom is -0.478 e. The third-order valence-corrected chi connectivity index (χ3v) is 3.93. The van der Waals surface area contributed by atoms with E-state index in [1.807, 2.05) is 0 Å². The predicted octanol–water partition coefficient (Wildman–Crippen LogP) is 2.89. The standard InChI is InChI=1S/C19H19F2NO4/c1-19(2,14-5-3-4-6-15(14)21)18(25)22-11-16(17(23)24)26-13-9-7-12(20)8-10-13/h3-10,16H,11H2,1-2H3,(H,22,25)(H,23,24). The summed E-state index contributed by atoms with van der Waals surface area (Å²) >= 11 is 0. The highest BCUT2D eigenvalue weighted by atomic mass is 19.1. The maximum absolute atomic E-state index is 14.0. The van der Waals surface area contributed by atoms with Gasteiger partial charge in [-0.2, -0.15) is 0 Å². The molecule has 1 atom stereocenters. The van der Waals surface area contributed by atoms with Gasteiger partial charge in [-0.05, 0) is 44.2 Å². The molecule has 2 rings (SSSR count). The van der Waals surface area contributed by atoms with Gasteiger partial charge in [-0.15, -0.1) is 0 Å². The van der Waals surface area contributed by atoms with E-state index in [4.69, 9.17) is 4.74 Å². The van der Waals surface area contributed by atoms with Crippen LogP contribution in [-0.2, 0) is 15.0 Å². The van der Waals surface area contributed by atoms with Crippen molar-refractivity contribution < 1.29 is 28.2 Å². The molecule has 5 nitrogen and oxygen atoms in total. The van der Waals surface area contributed by atoms with E-state index in [0.717, 1.165) is 12.1 Å². The lowest BCUT2D eigenvalue weighted by Crippen LogP contribution is -2.46. The highest BCUT2D eigenvalue weighted by molar-refractivity contribution is 5.88. The first kappa shape index (κ1) is 19.4. The Kier molecular flexibility index (Phi) is 5.92. The molecule has 0 aliphatic rings. The minimum absolute atomic E-state index is 0.154. The second-order valence-electron chi connectivity index (χ2n) is 6.21. The molecule has 138 valence electrons. The van der Waals surface area contributed by atoms with Crippen molar-refractivity contribution in [3.63, 3.8) is 0 Å². The molecule has 0 bridgehead atoms. The summed E-state index contributed by atoms with van der Waals surface area (Å²) in [5.41, 5.74) is -1.01. The van der Waals surface area contributed by atoms with E-state index in [0.29, 0.717) is 0 Å². The number of carbonyl (C=O) groups is 2. The van der Waals surface area contributed by atoms with Crippen LogP contribution in [0, 0.1) is 11.6 Å². The number of ether oxygens (including phenoxy) is 1. The molecule has 0 saturated carbocycles. The summed E-state index contributed by atoms with van der Waals surface area (Å²) in [5.74, 6) is -2.69. The number of carbonyl (C=O) groups excluding carboxylic acids is 1. The van der Waals surface area contributed by atoms with Crippen LogP contribution in [0.5, 0.6) is 5.75 Å². The van der Waals surface area contributed by atoms with Crippen LogP contribution in [0.2, 0.25) is 0 Å². The van der Waals surface area contributed by atoms with Crippen molar-refractivity contribution in [2.24, 2.45) is 0 Å². The Hall–Kier alpha value is -2.96. The summed E-state index contributed by atoms with van der Waals surface area (Å²) in [6, 6.07) is 10.7. The lowest BCUT2D eigenvalue weighted by molar-refractivity contribution is -0.145. The van der Waals surface area contributed by atoms with E-state index in [-0.39, 0.29) is 17.9 Å². The Labute approximate surface area is 149 Å². The fourth-order valence-electron chi connectivity index (χ4n) is 2.35. The van der Waals surface area contributed by atoms with E-state index in [1.54, 1.807) is 6.07 Å². The maximum atomic E-state index is 14.0. The molecule has 0 aliphatic heterocycles. The lowest BCUT2D eigenvalue weighted by Gasteiger charge is -2.25. The Morgan fingerprint density at radius 2 is 1.73 bits per heavy atom. The number of carboxylic acid groups (broad SMARTS) is 1. The van der Waals surface area contributed by atoms with Crippen LogP contribution in [0.4, 0.5) is 8.78 Å². The minimum atomic E-state index is -1.37. The fraction of sp³-hybridized carbons (Fsp3) is 0.263. The van der Waals surface area contributed by atoms with Gasteiger partial charge in [-0.1, -0.05) is 18.2 Å². The van der Waals surface area contributed by atoms with E-state index >= 15 is 0 Å². The van der Waals surface area contributed by atoms with Crippen molar-refractivity contribution in [1.82, 2.24) is 5.32 Å². The first-order chi connectivity index (χ1) is 12.2. The molecule has 2 aromatic carbocycles. The summed E-state index contributed by atoms with van der Waals surface area (Å²) in [6.07, 6.45) is -1.37. The molecule has 26 heavy (non-hydrogen) atoms. The Morgan fingerprint density at radius 3 is 2.31 bits per heavy atom. The fourth-order valence-corrected chi connectivity index (χ4v) is 2.35. The van der Waals surface area contributed by atoms with E-state index in [1.165, 1.54) is 44.2 Å². The number of halogens is 2. The SMILES string of the molecule is CC(C)(C(=O)NCC(Oc1ccc(F)cc1)C(=O)O)c1ccccc1F. The normalized spacial score (nSPS) is 12.3. The number of amides is 1. The van der Waals surface area contributed by atoms with Gasteiger partial charge in [-0.25, -0.2) is 13.6 Å². The van der Waals surface area contributed by atoms with Crippen molar-refractivity contribution in [2.45, 2.75) is 25.4 Å². The second-order valence-corrected chi connectivity index (χ2v) is 6.21. The van der Waals surface area contributed by atoms with Crippen molar-refractivity contribution in [1.29, 1.82) is 0 Å². The average molecular weight is 363 g/mol. The molecular formula is C19H19F2NO4. The van der Waals surface area contributed by atoms with Crippen molar-refractivity contribution in [3.05, 3.63) is 65.7 Å². The zero-order valence-electron chi connectivity index (χ0n) is 14.3. The van der Waals surface area contributed by atoms with Crippen LogP contribution in [0.1, 0.15) is 19.4 Å². The summed E-state index contributed by atoms with van der Waals surface area (Å²) in [5, 5.41) is 11.7. The summed E-state index contributed by atoms with van der Waals surface area (Å²) in [4.78, 5) is 23.8. The number of benzene rings is 2. The number of hydrogen-bond acceptors (Lipinski definition) is 3. The molecular weight excluding hydrogens is 344 g/mol. The highest BCUT2D eigenvalue weighted by Gasteiger charge is 2.33. The third kappa shape index (κ3) is 4.56. The van der Waals surface area contributed by atoms with Gasteiger partial charge in [0.25, 0.3) is 0 Å². The van der Waals surface area contributed by atoms with Crippen LogP contribution in [0.15, 0.2) is 48.5 Å². The van der Waals surface area contributed by atoms with Gasteiger partial charge < -0.3 is 15.2 Å². The van der Waals surface area contributed by atoms with Gasteiger partial charge in [0.05, 0.1) is 12.0 Å². The summed E-state index contributed by atoms with van der Waals surface area (Å²) < 4.78 is 32.1. The second kappa shape index (κ2) is 7.95. The smallest absolute Gasteiger partial charge is 0.346 e. The van der Waals surface area contributed by atoms with Crippen LogP contribution in [0.25, 0.3) is 0 Å². The van der Waals surface area contributed by atoms with Gasteiger partial charge in [-0.3, -0.25) is 4.79 Å². The van der Waals surface area contributed by atoms with E-state index < -0.39 is 35.0 Å². The molecule has 0 heterocycles. The Morgan fingerprint density at radius 1 is 1.12 bits per heavy atom. The van der Waals surface area contributed by atoms with E-state index in [2.05, 4.69) is 5.32 Å². The zero-order valence-corrected chi connectivity index (χ0v) is 14.3. The topological polar surface area (TPSA) is 75.6 Å². The summed E-state index contributed by atoms with van der Waals surface area (Å²) in [7, 11) is 0. The maximum Gasteiger partial charge on any atom is 0.346 e. The summed E-state index contributed by atoms with van der Waals surface area (Å²) in [6.45, 7) is 2.75. The quantitative estimate of drug-likeness (QED) is 0.793. The van der Waals surface area contributed by atoms with Crippen LogP contribution in [-0.4, -0.2) is 29.6 Å². The monoisotopic (exact) mass is 363 g/mol. The predicted molar refractivity (Wildman–Crippen MR) is 90.9 cm³/mol. The molecule has 7 heteroatoms. The molecule has 1 unspecified atom stereocenters. The van der Waals surface area contributed by atoms with Crippen LogP contribution < -0.4 is 10.1 Å². The third-order valence-electron chi connectivity index (χ3n) is 3.93. The highest BCUT2D eigenvalue weighted by Crippen LogP contribution is 2.25. The molecule has 2 N–H and O–H groups in total. The van der Waals surface area contributed by atoms with E-state index in [9.17, 15) is 23.5 Å². The van der Waals surface area contributed by atoms with Crippen LogP contribution in [0.3, 0.4) is 0 Å². The molecule has 0 radical (unpaired) electrons. The van der Waals surface area contributed by atoms with Crippen molar-refractivity contribution in [3.8, 4) is 5.75 Å². The van der Waals surface area contributed by atoms with Gasteiger partial charge in [0.2, 0.25) is 12.0 Å². The zero-order chi connectivity index (χ0) is 19.3. The lowest BCUT2D eigenvalue weighted by atomic mass is 9.83. The number of rotatable bonds is 7. The van der Waals surface area contributed by atoms with Crippen molar-refractivity contribution >= 4 is 11.9 Å². The first-order valence-corrected chi connectivity index (χ1v) is 7.90. The molecule has 0 saturated heterocycles. The largest absolute Gasteiger partial charge is 0.478 e. The molecule has 0 aromatic heterocycles. The van der Waals surface area contributed by atoms with Gasteiger partial charge in [0.1, 0.15) is 17.4 Å². The number of nitrogens with one attached hydrogen (secondary N) is 1. The van der Waals surface area contributed by atoms with Gasteiger partial charge >= 0.3 is 5.97 Å². The molecule has 0 fully saturated rings. The molecule has 0 aliphatic carbocycles. The van der Waals surface area contributed by atoms with Crippen LogP contribution >= 0.6 is 0 Å². The first-order valence-electron chi connectivity index (χ1n) is 7.90. The van der Waals surface area contributed by atoms with Gasteiger partial charge in [0, 0.05) is 5.56 Å². The number of aliphatic carboxylic acids is 1.